The van der Waals surface area contributed by atoms with Crippen LogP contribution in [-0.2, 0) is 0 Å². The number of phenolic OH excluding ortho intramolecular Hbond substituents is 1. The van der Waals surface area contributed by atoms with Crippen molar-refractivity contribution in [2.24, 2.45) is 5.92 Å². The van der Waals surface area contributed by atoms with Gasteiger partial charge in [0.25, 0.3) is 0 Å². The van der Waals surface area contributed by atoms with Gasteiger partial charge in [0.15, 0.2) is 0 Å². The number of aromatic hydroxyl groups is 1. The number of thiophene rings is 1. The first-order valence-corrected chi connectivity index (χ1v) is 12.6. The fourth-order valence-corrected chi connectivity index (χ4v) is 5.83. The Morgan fingerprint density at radius 1 is 1.09 bits per heavy atom. The number of rotatable bonds is 7. The van der Waals surface area contributed by atoms with Crippen LogP contribution in [0.3, 0.4) is 0 Å². The highest BCUT2D eigenvalue weighted by Crippen LogP contribution is 2.41. The van der Waals surface area contributed by atoms with Gasteiger partial charge < -0.3 is 9.84 Å². The highest BCUT2D eigenvalue weighted by molar-refractivity contribution is 7.21. The Hall–Kier alpha value is -3.15. The van der Waals surface area contributed by atoms with Crippen molar-refractivity contribution in [2.75, 3.05) is 26.2 Å². The highest BCUT2D eigenvalue weighted by Gasteiger charge is 2.22. The monoisotopic (exact) mass is 471 g/mol. The van der Waals surface area contributed by atoms with E-state index in [4.69, 9.17) is 4.74 Å². The van der Waals surface area contributed by atoms with Gasteiger partial charge in [0.1, 0.15) is 18.1 Å². The molecular formula is C29H29NO3S. The number of aryl methyl sites for hydroxylation is 1. The van der Waals surface area contributed by atoms with Crippen LogP contribution in [0.5, 0.6) is 11.5 Å². The van der Waals surface area contributed by atoms with Crippen LogP contribution in [0, 0.1) is 12.8 Å². The summed E-state index contributed by atoms with van der Waals surface area (Å²) in [6.45, 7) is 8.23. The fraction of sp³-hybridized carbons (Fsp3) is 0.276. The second-order valence-electron chi connectivity index (χ2n) is 9.25. The topological polar surface area (TPSA) is 49.8 Å². The van der Waals surface area contributed by atoms with Crippen LogP contribution in [-0.4, -0.2) is 42.0 Å². The Labute approximate surface area is 204 Å². The third-order valence-electron chi connectivity index (χ3n) is 6.52. The van der Waals surface area contributed by atoms with Gasteiger partial charge in [-0.2, -0.15) is 0 Å². The number of benzene rings is 3. The highest BCUT2D eigenvalue weighted by atomic mass is 32.1. The maximum absolute atomic E-state index is 13.5. The SMILES string of the molecule is Cc1ccc(C(=O)c2sc3cc(O)ccc3c2-c2ccc(OCCN3CC[C@H](C)C3)cc2)cc1. The number of ether oxygens (including phenoxy) is 1. The molecule has 0 unspecified atom stereocenters. The molecular weight excluding hydrogens is 442 g/mol. The summed E-state index contributed by atoms with van der Waals surface area (Å²) < 4.78 is 6.89. The molecule has 34 heavy (non-hydrogen) atoms. The Morgan fingerprint density at radius 3 is 2.56 bits per heavy atom. The first kappa shape index (κ1) is 22.6. The van der Waals surface area contributed by atoms with Gasteiger partial charge in [0.2, 0.25) is 5.78 Å². The zero-order chi connectivity index (χ0) is 23.7. The third-order valence-corrected chi connectivity index (χ3v) is 7.67. The Morgan fingerprint density at radius 2 is 1.85 bits per heavy atom. The molecule has 1 saturated heterocycles. The normalized spacial score (nSPS) is 16.2. The van der Waals surface area contributed by atoms with Gasteiger partial charge in [-0.15, -0.1) is 11.3 Å². The molecule has 0 radical (unpaired) electrons. The molecule has 1 aliphatic heterocycles. The van der Waals surface area contributed by atoms with Gasteiger partial charge in [-0.25, -0.2) is 0 Å². The van der Waals surface area contributed by atoms with E-state index in [1.807, 2.05) is 61.5 Å². The number of likely N-dealkylation sites (tertiary alicyclic amines) is 1. The Balaban J connectivity index is 1.42. The molecule has 0 saturated carbocycles. The van der Waals surface area contributed by atoms with E-state index >= 15 is 0 Å². The predicted octanol–water partition coefficient (Wildman–Crippen LogP) is 6.53. The minimum absolute atomic E-state index is 0.00384. The van der Waals surface area contributed by atoms with Crippen LogP contribution >= 0.6 is 11.3 Å². The van der Waals surface area contributed by atoms with E-state index in [0.717, 1.165) is 58.1 Å². The summed E-state index contributed by atoms with van der Waals surface area (Å²) in [6, 6.07) is 21.0. The van der Waals surface area contributed by atoms with Crippen molar-refractivity contribution >= 4 is 27.2 Å². The van der Waals surface area contributed by atoms with Gasteiger partial charge in [0.05, 0.1) is 4.88 Å². The molecule has 0 spiro atoms. The average Bonchev–Trinajstić information content (AvgIpc) is 3.42. The van der Waals surface area contributed by atoms with Crippen LogP contribution in [0.15, 0.2) is 66.7 Å². The smallest absolute Gasteiger partial charge is 0.203 e. The number of nitrogens with zero attached hydrogens (tertiary/aromatic N) is 1. The number of fused-ring (bicyclic) bond motifs is 1. The molecule has 1 aromatic heterocycles. The number of phenols is 1. The lowest BCUT2D eigenvalue weighted by molar-refractivity contribution is 0.104. The van der Waals surface area contributed by atoms with Crippen molar-refractivity contribution in [3.63, 3.8) is 0 Å². The zero-order valence-electron chi connectivity index (χ0n) is 19.6. The summed E-state index contributed by atoms with van der Waals surface area (Å²) in [5.41, 5.74) is 3.66. The lowest BCUT2D eigenvalue weighted by atomic mass is 9.98. The van der Waals surface area contributed by atoms with Crippen molar-refractivity contribution in [2.45, 2.75) is 20.3 Å². The molecule has 0 aliphatic carbocycles. The van der Waals surface area contributed by atoms with Gasteiger partial charge in [-0.05, 0) is 61.7 Å². The first-order valence-electron chi connectivity index (χ1n) is 11.8. The fourth-order valence-electron chi connectivity index (χ4n) is 4.61. The summed E-state index contributed by atoms with van der Waals surface area (Å²) in [7, 11) is 0. The van der Waals surface area contributed by atoms with Crippen molar-refractivity contribution in [3.8, 4) is 22.6 Å². The van der Waals surface area contributed by atoms with E-state index < -0.39 is 0 Å². The van der Waals surface area contributed by atoms with Crippen LogP contribution in [0.2, 0.25) is 0 Å². The third kappa shape index (κ3) is 4.72. The molecule has 174 valence electrons. The van der Waals surface area contributed by atoms with E-state index in [0.29, 0.717) is 17.0 Å². The minimum atomic E-state index is -0.00384. The standard InChI is InChI=1S/C29H29NO3S/c1-19-3-5-22(6-4-19)28(32)29-27(25-12-9-23(31)17-26(25)34-29)21-7-10-24(11-8-21)33-16-15-30-14-13-20(2)18-30/h3-12,17,20,31H,13-16,18H2,1-2H3/t20-/m0/s1. The molecule has 1 N–H and O–H groups in total. The Bertz CT molecular complexity index is 1310. The van der Waals surface area contributed by atoms with Gasteiger partial charge in [-0.3, -0.25) is 9.69 Å². The summed E-state index contributed by atoms with van der Waals surface area (Å²) in [5.74, 6) is 1.81. The number of ketones is 1. The van der Waals surface area contributed by atoms with Crippen molar-refractivity contribution in [1.82, 2.24) is 4.90 Å². The second-order valence-corrected chi connectivity index (χ2v) is 10.3. The molecule has 0 bridgehead atoms. The summed E-state index contributed by atoms with van der Waals surface area (Å²) in [5, 5.41) is 11.0. The molecule has 4 nitrogen and oxygen atoms in total. The number of carbonyl (C=O) groups is 1. The first-order chi connectivity index (χ1) is 16.5. The molecule has 2 heterocycles. The largest absolute Gasteiger partial charge is 0.508 e. The van der Waals surface area contributed by atoms with Crippen LogP contribution in [0.25, 0.3) is 21.2 Å². The summed E-state index contributed by atoms with van der Waals surface area (Å²) in [4.78, 5) is 16.6. The van der Waals surface area contributed by atoms with Gasteiger partial charge in [-0.1, -0.05) is 48.9 Å². The van der Waals surface area contributed by atoms with E-state index in [9.17, 15) is 9.90 Å². The molecule has 1 atom stereocenters. The number of hydrogen-bond acceptors (Lipinski definition) is 5. The maximum atomic E-state index is 13.5. The minimum Gasteiger partial charge on any atom is -0.508 e. The van der Waals surface area contributed by atoms with E-state index in [1.54, 1.807) is 12.1 Å². The molecule has 5 rings (SSSR count). The number of hydrogen-bond donors (Lipinski definition) is 1. The maximum Gasteiger partial charge on any atom is 0.203 e. The Kier molecular flexibility index (Phi) is 6.40. The quantitative estimate of drug-likeness (QED) is 0.311. The molecule has 3 aromatic carbocycles. The predicted molar refractivity (Wildman–Crippen MR) is 139 cm³/mol. The van der Waals surface area contributed by atoms with Crippen molar-refractivity contribution in [3.05, 3.63) is 82.7 Å². The lowest BCUT2D eigenvalue weighted by Crippen LogP contribution is -2.25. The van der Waals surface area contributed by atoms with Gasteiger partial charge in [0, 0.05) is 34.3 Å². The van der Waals surface area contributed by atoms with Crippen LogP contribution in [0.1, 0.15) is 34.1 Å². The summed E-state index contributed by atoms with van der Waals surface area (Å²) in [6.07, 6.45) is 1.27. The molecule has 5 heteroatoms. The van der Waals surface area contributed by atoms with E-state index in [-0.39, 0.29) is 11.5 Å². The van der Waals surface area contributed by atoms with Crippen LogP contribution < -0.4 is 4.74 Å². The van der Waals surface area contributed by atoms with E-state index in [2.05, 4.69) is 11.8 Å². The molecule has 1 fully saturated rings. The summed E-state index contributed by atoms with van der Waals surface area (Å²) >= 11 is 1.43. The van der Waals surface area contributed by atoms with Crippen molar-refractivity contribution in [1.29, 1.82) is 0 Å². The zero-order valence-corrected chi connectivity index (χ0v) is 20.4. The second kappa shape index (κ2) is 9.61. The lowest BCUT2D eigenvalue weighted by Gasteiger charge is -2.15. The molecule has 0 amide bonds. The average molecular weight is 472 g/mol. The molecule has 1 aliphatic rings. The van der Waals surface area contributed by atoms with Crippen LogP contribution in [0.4, 0.5) is 0 Å². The number of carbonyl (C=O) groups excluding carboxylic acids is 1. The van der Waals surface area contributed by atoms with Crippen molar-refractivity contribution < 1.29 is 14.6 Å². The molecule has 4 aromatic rings. The van der Waals surface area contributed by atoms with Gasteiger partial charge >= 0.3 is 0 Å². The van der Waals surface area contributed by atoms with E-state index in [1.165, 1.54) is 17.8 Å².